The molecule has 2 fully saturated rings. The lowest BCUT2D eigenvalue weighted by atomic mass is 9.92. The van der Waals surface area contributed by atoms with E-state index in [0.717, 1.165) is 5.92 Å². The quantitative estimate of drug-likeness (QED) is 0.800. The van der Waals surface area contributed by atoms with Crippen molar-refractivity contribution in [1.29, 1.82) is 0 Å². The van der Waals surface area contributed by atoms with E-state index in [2.05, 4.69) is 0 Å². The van der Waals surface area contributed by atoms with Crippen LogP contribution in [0.3, 0.4) is 0 Å². The van der Waals surface area contributed by atoms with Crippen molar-refractivity contribution in [2.45, 2.75) is 31.1 Å². The lowest BCUT2D eigenvalue weighted by Gasteiger charge is -2.12. The van der Waals surface area contributed by atoms with Gasteiger partial charge in [-0.2, -0.15) is 0 Å². The number of hydrogen-bond acceptors (Lipinski definition) is 1. The molecule has 0 aromatic heterocycles. The molecule has 0 amide bonds. The number of carbonyl (C=O) groups is 1. The fraction of sp³-hybridized carbons (Fsp3) is 0.462. The summed E-state index contributed by atoms with van der Waals surface area (Å²) >= 11 is 0. The van der Waals surface area contributed by atoms with Gasteiger partial charge in [-0.05, 0) is 48.3 Å². The summed E-state index contributed by atoms with van der Waals surface area (Å²) in [5.74, 6) is 0.0472. The summed E-state index contributed by atoms with van der Waals surface area (Å²) in [6.45, 7) is 0. The predicted molar refractivity (Wildman–Crippen MR) is 57.0 cm³/mol. The Balaban J connectivity index is 1.91. The van der Waals surface area contributed by atoms with Crippen LogP contribution in [0.15, 0.2) is 24.3 Å². The van der Waals surface area contributed by atoms with Crippen molar-refractivity contribution >= 4 is 5.97 Å². The smallest absolute Gasteiger partial charge is 0.335 e. The molecule has 2 atom stereocenters. The summed E-state index contributed by atoms with van der Waals surface area (Å²) in [5, 5.41) is 8.82. The van der Waals surface area contributed by atoms with Crippen molar-refractivity contribution < 1.29 is 9.90 Å². The zero-order valence-corrected chi connectivity index (χ0v) is 8.57. The fourth-order valence-electron chi connectivity index (χ4n) is 3.17. The van der Waals surface area contributed by atoms with E-state index in [9.17, 15) is 4.79 Å². The third-order valence-corrected chi connectivity index (χ3v) is 4.11. The Kier molecular flexibility index (Phi) is 1.70. The first-order valence-corrected chi connectivity index (χ1v) is 5.56. The third-order valence-electron chi connectivity index (χ3n) is 4.11. The summed E-state index contributed by atoms with van der Waals surface area (Å²) in [6.07, 6.45) is 5.32. The Morgan fingerprint density at radius 3 is 2.53 bits per heavy atom. The average Bonchev–Trinajstić information content (AvgIpc) is 2.82. The molecule has 0 radical (unpaired) electrons. The van der Waals surface area contributed by atoms with Crippen LogP contribution in [0.2, 0.25) is 0 Å². The summed E-state index contributed by atoms with van der Waals surface area (Å²) in [6, 6.07) is 7.49. The zero-order valence-electron chi connectivity index (χ0n) is 8.57. The highest BCUT2D eigenvalue weighted by Gasteiger charge is 2.57. The van der Waals surface area contributed by atoms with E-state index in [4.69, 9.17) is 5.11 Å². The molecule has 0 aliphatic heterocycles. The molecular weight excluding hydrogens is 188 g/mol. The van der Waals surface area contributed by atoms with E-state index in [1.807, 2.05) is 12.1 Å². The Hall–Kier alpha value is -1.31. The van der Waals surface area contributed by atoms with E-state index >= 15 is 0 Å². The first-order chi connectivity index (χ1) is 7.22. The molecule has 0 heterocycles. The lowest BCUT2D eigenvalue weighted by Crippen LogP contribution is -2.05. The number of aromatic carboxylic acids is 1. The van der Waals surface area contributed by atoms with Gasteiger partial charge in [-0.1, -0.05) is 18.6 Å². The van der Waals surface area contributed by atoms with Crippen LogP contribution in [-0.2, 0) is 5.41 Å². The molecule has 0 bridgehead atoms. The van der Waals surface area contributed by atoms with Crippen LogP contribution in [0.1, 0.15) is 41.6 Å². The highest BCUT2D eigenvalue weighted by Crippen LogP contribution is 2.64. The van der Waals surface area contributed by atoms with Crippen molar-refractivity contribution in [2.75, 3.05) is 0 Å². The molecule has 1 N–H and O–H groups in total. The van der Waals surface area contributed by atoms with Crippen LogP contribution >= 0.6 is 0 Å². The van der Waals surface area contributed by atoms with Gasteiger partial charge in [0.2, 0.25) is 0 Å². The SMILES string of the molecule is O=C(O)c1ccc(C23CCCC2C3)cc1. The van der Waals surface area contributed by atoms with E-state index < -0.39 is 5.97 Å². The van der Waals surface area contributed by atoms with Crippen LogP contribution in [0.25, 0.3) is 0 Å². The van der Waals surface area contributed by atoms with Crippen LogP contribution in [-0.4, -0.2) is 11.1 Å². The van der Waals surface area contributed by atoms with Crippen molar-refractivity contribution in [3.8, 4) is 0 Å². The first-order valence-electron chi connectivity index (χ1n) is 5.56. The van der Waals surface area contributed by atoms with Crippen LogP contribution in [0.5, 0.6) is 0 Å². The molecule has 1 aromatic rings. The molecule has 15 heavy (non-hydrogen) atoms. The van der Waals surface area contributed by atoms with Crippen molar-refractivity contribution in [1.82, 2.24) is 0 Å². The van der Waals surface area contributed by atoms with Gasteiger partial charge in [-0.3, -0.25) is 0 Å². The molecule has 2 heteroatoms. The van der Waals surface area contributed by atoms with Crippen LogP contribution in [0, 0.1) is 5.92 Å². The summed E-state index contributed by atoms with van der Waals surface area (Å²) < 4.78 is 0. The second-order valence-electron chi connectivity index (χ2n) is 4.83. The van der Waals surface area contributed by atoms with Gasteiger partial charge in [0.25, 0.3) is 0 Å². The van der Waals surface area contributed by atoms with E-state index in [-0.39, 0.29) is 0 Å². The summed E-state index contributed by atoms with van der Waals surface area (Å²) in [5.41, 5.74) is 2.19. The maximum Gasteiger partial charge on any atom is 0.335 e. The molecule has 2 saturated carbocycles. The van der Waals surface area contributed by atoms with Gasteiger partial charge in [0, 0.05) is 0 Å². The Morgan fingerprint density at radius 2 is 2.07 bits per heavy atom. The maximum atomic E-state index is 10.7. The molecule has 0 spiro atoms. The highest BCUT2D eigenvalue weighted by atomic mass is 16.4. The van der Waals surface area contributed by atoms with Gasteiger partial charge in [0.1, 0.15) is 0 Å². The molecular formula is C13H14O2. The topological polar surface area (TPSA) is 37.3 Å². The summed E-state index contributed by atoms with van der Waals surface area (Å²) in [7, 11) is 0. The van der Waals surface area contributed by atoms with E-state index in [0.29, 0.717) is 11.0 Å². The van der Waals surface area contributed by atoms with Crippen molar-refractivity contribution in [2.24, 2.45) is 5.92 Å². The third kappa shape index (κ3) is 1.21. The van der Waals surface area contributed by atoms with Crippen molar-refractivity contribution in [3.63, 3.8) is 0 Å². The van der Waals surface area contributed by atoms with E-state index in [1.165, 1.54) is 31.2 Å². The van der Waals surface area contributed by atoms with Gasteiger partial charge < -0.3 is 5.11 Å². The fourth-order valence-corrected chi connectivity index (χ4v) is 3.17. The number of rotatable bonds is 2. The van der Waals surface area contributed by atoms with Gasteiger partial charge in [0.05, 0.1) is 5.56 Å². The Morgan fingerprint density at radius 1 is 1.33 bits per heavy atom. The Bertz CT molecular complexity index is 407. The average molecular weight is 202 g/mol. The molecule has 78 valence electrons. The zero-order chi connectivity index (χ0) is 10.5. The van der Waals surface area contributed by atoms with Crippen molar-refractivity contribution in [3.05, 3.63) is 35.4 Å². The second kappa shape index (κ2) is 2.84. The van der Waals surface area contributed by atoms with Gasteiger partial charge in [-0.15, -0.1) is 0 Å². The molecule has 1 aromatic carbocycles. The first kappa shape index (κ1) is 8.96. The number of hydrogen-bond donors (Lipinski definition) is 1. The number of carboxylic acids is 1. The Labute approximate surface area is 88.9 Å². The lowest BCUT2D eigenvalue weighted by molar-refractivity contribution is 0.0697. The molecule has 2 nitrogen and oxygen atoms in total. The second-order valence-corrected chi connectivity index (χ2v) is 4.83. The number of fused-ring (bicyclic) bond motifs is 1. The highest BCUT2D eigenvalue weighted by molar-refractivity contribution is 5.87. The van der Waals surface area contributed by atoms with E-state index in [1.54, 1.807) is 12.1 Å². The molecule has 2 unspecified atom stereocenters. The van der Waals surface area contributed by atoms with Gasteiger partial charge in [0.15, 0.2) is 0 Å². The van der Waals surface area contributed by atoms with Gasteiger partial charge in [-0.25, -0.2) is 4.79 Å². The molecule has 0 saturated heterocycles. The maximum absolute atomic E-state index is 10.7. The minimum Gasteiger partial charge on any atom is -0.478 e. The van der Waals surface area contributed by atoms with Crippen LogP contribution < -0.4 is 0 Å². The predicted octanol–water partition coefficient (Wildman–Crippen LogP) is 2.83. The standard InChI is InChI=1S/C13H14O2/c14-12(15)9-3-5-10(6-4-9)13-7-1-2-11(13)8-13/h3-6,11H,1-2,7-8H2,(H,14,15). The number of carboxylic acid groups (broad SMARTS) is 1. The largest absolute Gasteiger partial charge is 0.478 e. The molecule has 2 aliphatic rings. The van der Waals surface area contributed by atoms with Crippen LogP contribution in [0.4, 0.5) is 0 Å². The van der Waals surface area contributed by atoms with Gasteiger partial charge >= 0.3 is 5.97 Å². The molecule has 3 rings (SSSR count). The molecule has 2 aliphatic carbocycles. The summed E-state index contributed by atoms with van der Waals surface area (Å²) in [4.78, 5) is 10.7. The number of benzene rings is 1. The minimum atomic E-state index is -0.835. The minimum absolute atomic E-state index is 0.394. The normalized spacial score (nSPS) is 32.4. The monoisotopic (exact) mass is 202 g/mol.